The molecule has 0 radical (unpaired) electrons. The molecule has 40 heavy (non-hydrogen) atoms. The van der Waals surface area contributed by atoms with Crippen molar-refractivity contribution in [3.05, 3.63) is 110 Å². The number of hydrogen-bond acceptors (Lipinski definition) is 5. The second-order valence-electron chi connectivity index (χ2n) is 10.1. The predicted octanol–water partition coefficient (Wildman–Crippen LogP) is 5.80. The van der Waals surface area contributed by atoms with E-state index in [1.807, 2.05) is 60.5 Å². The summed E-state index contributed by atoms with van der Waals surface area (Å²) in [7, 11) is 1.92. The smallest absolute Gasteiger partial charge is 0.345 e. The van der Waals surface area contributed by atoms with Crippen molar-refractivity contribution in [1.82, 2.24) is 4.57 Å². The van der Waals surface area contributed by atoms with Crippen LogP contribution in [0.2, 0.25) is 0 Å². The highest BCUT2D eigenvalue weighted by Gasteiger charge is 2.35. The Morgan fingerprint density at radius 2 is 1.50 bits per heavy atom. The summed E-state index contributed by atoms with van der Waals surface area (Å²) < 4.78 is 42.6. The van der Waals surface area contributed by atoms with Gasteiger partial charge in [-0.1, -0.05) is 63.2 Å². The lowest BCUT2D eigenvalue weighted by Crippen LogP contribution is -2.34. The number of alkyl halides is 3. The highest BCUT2D eigenvalue weighted by atomic mass is 32.1. The van der Waals surface area contributed by atoms with Crippen LogP contribution in [0.15, 0.2) is 83.7 Å². The molecule has 0 N–H and O–H groups in total. The lowest BCUT2D eigenvalue weighted by Gasteiger charge is -2.19. The fourth-order valence-corrected chi connectivity index (χ4v) is 5.19. The molecule has 1 aromatic heterocycles. The van der Waals surface area contributed by atoms with Crippen LogP contribution in [0.3, 0.4) is 0 Å². The minimum Gasteiger partial charge on any atom is -0.345 e. The molecule has 0 aliphatic rings. The third kappa shape index (κ3) is 5.77. The average Bonchev–Trinajstić information content (AvgIpc) is 3.23. The van der Waals surface area contributed by atoms with E-state index in [1.165, 1.54) is 12.1 Å². The number of hydrogen-bond donors (Lipinski definition) is 0. The summed E-state index contributed by atoms with van der Waals surface area (Å²) in [6.07, 6.45) is -3.22. The largest absolute Gasteiger partial charge is 0.418 e. The maximum absolute atomic E-state index is 13.9. The van der Waals surface area contributed by atoms with E-state index in [4.69, 9.17) is 0 Å². The number of anilines is 2. The van der Waals surface area contributed by atoms with Gasteiger partial charge in [0.1, 0.15) is 16.3 Å². The molecule has 0 aliphatic heterocycles. The van der Waals surface area contributed by atoms with E-state index >= 15 is 0 Å². The fraction of sp³-hybridized carbons (Fsp3) is 0.194. The number of nitriles is 1. The van der Waals surface area contributed by atoms with Crippen LogP contribution < -0.4 is 19.7 Å². The number of halogens is 3. The normalized spacial score (nSPS) is 13.1. The van der Waals surface area contributed by atoms with Crippen LogP contribution >= 0.6 is 11.3 Å². The summed E-state index contributed by atoms with van der Waals surface area (Å²) in [6.45, 7) is 4.81. The summed E-state index contributed by atoms with van der Waals surface area (Å²) >= 11 is 0.816. The number of benzene rings is 3. The van der Waals surface area contributed by atoms with Crippen LogP contribution in [0.25, 0.3) is 17.3 Å². The topological polar surface area (TPSA) is 66.1 Å². The predicted molar refractivity (Wildman–Crippen MR) is 152 cm³/mol. The van der Waals surface area contributed by atoms with Gasteiger partial charge in [0.05, 0.1) is 15.8 Å². The lowest BCUT2D eigenvalue weighted by atomic mass is 9.87. The van der Waals surface area contributed by atoms with E-state index in [2.05, 4.69) is 0 Å². The quantitative estimate of drug-likeness (QED) is 0.309. The maximum Gasteiger partial charge on any atom is 0.418 e. The molecule has 0 amide bonds. The maximum atomic E-state index is 13.9. The second-order valence-corrected chi connectivity index (χ2v) is 11.2. The molecule has 204 valence electrons. The van der Waals surface area contributed by atoms with Crippen molar-refractivity contribution in [1.29, 1.82) is 5.26 Å². The molecule has 0 unspecified atom stereocenters. The number of carbonyl (C=O) groups excluding carboxylic acids is 1. The number of rotatable bonds is 5. The second kappa shape index (κ2) is 11.0. The minimum absolute atomic E-state index is 0.0885. The Balaban J connectivity index is 1.96. The first kappa shape index (κ1) is 28.6. The highest BCUT2D eigenvalue weighted by Crippen LogP contribution is 2.33. The number of Topliss-reactive ketones (excluding diaryl/α,β-unsaturated/α-hetero) is 1. The third-order valence-electron chi connectivity index (χ3n) is 6.23. The molecule has 0 fully saturated rings. The van der Waals surface area contributed by atoms with Gasteiger partial charge in [-0.25, -0.2) is 0 Å². The Morgan fingerprint density at radius 3 is 2.08 bits per heavy atom. The summed E-state index contributed by atoms with van der Waals surface area (Å²) in [4.78, 5) is 28.8. The first-order valence-electron chi connectivity index (χ1n) is 12.3. The van der Waals surface area contributed by atoms with Crippen molar-refractivity contribution in [2.75, 3.05) is 11.9 Å². The molecular formula is C31H26F3N3O2S. The van der Waals surface area contributed by atoms with Crippen molar-refractivity contribution in [2.45, 2.75) is 26.9 Å². The minimum atomic E-state index is -4.76. The van der Waals surface area contributed by atoms with Gasteiger partial charge in [0.25, 0.3) is 5.56 Å². The number of nitrogens with zero attached hydrogens (tertiary/aromatic N) is 3. The molecule has 0 bridgehead atoms. The lowest BCUT2D eigenvalue weighted by molar-refractivity contribution is -0.137. The number of ketones is 1. The van der Waals surface area contributed by atoms with Crippen molar-refractivity contribution < 1.29 is 18.0 Å². The summed E-state index contributed by atoms with van der Waals surface area (Å²) in [5.41, 5.74) is -1.10. The van der Waals surface area contributed by atoms with Gasteiger partial charge in [-0.3, -0.25) is 14.2 Å². The molecule has 3 aromatic carbocycles. The monoisotopic (exact) mass is 561 g/mol. The Kier molecular flexibility index (Phi) is 7.85. The van der Waals surface area contributed by atoms with E-state index in [9.17, 15) is 28.0 Å². The number of para-hydroxylation sites is 2. The standard InChI is InChI=1S/C31H26F3N3O2S/c1-30(2,3)27(38)23(19-35)29-37(25-13-9-8-12-24(25)31(32,33)34)28(39)26(40-29)18-20-14-16-22(17-15-20)36(4)21-10-6-5-7-11-21/h5-18H,1-4H3/b26-18-,29-23+. The van der Waals surface area contributed by atoms with E-state index in [0.717, 1.165) is 39.4 Å². The van der Waals surface area contributed by atoms with Gasteiger partial charge in [-0.05, 0) is 48.0 Å². The van der Waals surface area contributed by atoms with E-state index in [0.29, 0.717) is 5.56 Å². The molecule has 0 spiro atoms. The number of aromatic nitrogens is 1. The van der Waals surface area contributed by atoms with Gasteiger partial charge in [0, 0.05) is 23.8 Å². The van der Waals surface area contributed by atoms with Gasteiger partial charge in [-0.2, -0.15) is 18.4 Å². The van der Waals surface area contributed by atoms with Crippen molar-refractivity contribution >= 4 is 40.1 Å². The third-order valence-corrected chi connectivity index (χ3v) is 7.32. The van der Waals surface area contributed by atoms with Crippen LogP contribution in [0, 0.1) is 16.7 Å². The summed E-state index contributed by atoms with van der Waals surface area (Å²) in [5.74, 6) is -0.575. The van der Waals surface area contributed by atoms with Crippen LogP contribution in [0.4, 0.5) is 24.5 Å². The first-order valence-corrected chi connectivity index (χ1v) is 13.1. The number of thiazole rings is 1. The zero-order valence-electron chi connectivity index (χ0n) is 22.3. The molecule has 0 atom stereocenters. The highest BCUT2D eigenvalue weighted by molar-refractivity contribution is 7.07. The van der Waals surface area contributed by atoms with Crippen LogP contribution in [0.1, 0.15) is 31.9 Å². The van der Waals surface area contributed by atoms with Crippen molar-refractivity contribution in [2.24, 2.45) is 5.41 Å². The molecule has 9 heteroatoms. The zero-order valence-corrected chi connectivity index (χ0v) is 23.1. The average molecular weight is 562 g/mol. The molecular weight excluding hydrogens is 535 g/mol. The van der Waals surface area contributed by atoms with E-state index < -0.39 is 34.2 Å². The molecule has 1 heterocycles. The van der Waals surface area contributed by atoms with Crippen LogP contribution in [-0.2, 0) is 11.0 Å². The van der Waals surface area contributed by atoms with Crippen molar-refractivity contribution in [3.8, 4) is 11.8 Å². The Bertz CT molecular complexity index is 1770. The van der Waals surface area contributed by atoms with Gasteiger partial charge < -0.3 is 4.90 Å². The Hall–Kier alpha value is -4.42. The van der Waals surface area contributed by atoms with Gasteiger partial charge in [0.15, 0.2) is 5.78 Å². The molecule has 5 nitrogen and oxygen atoms in total. The van der Waals surface area contributed by atoms with E-state index in [1.54, 1.807) is 39.0 Å². The first-order chi connectivity index (χ1) is 18.8. The van der Waals surface area contributed by atoms with Crippen molar-refractivity contribution in [3.63, 3.8) is 0 Å². The molecule has 0 saturated carbocycles. The SMILES string of the molecule is CN(c1ccccc1)c1ccc(/C=c2\s/c(=C(\C#N)C(=O)C(C)(C)C)n(-c3ccccc3C(F)(F)F)c2=O)cc1. The van der Waals surface area contributed by atoms with Crippen LogP contribution in [-0.4, -0.2) is 17.4 Å². The molecule has 4 rings (SSSR count). The summed E-state index contributed by atoms with van der Waals surface area (Å²) in [6, 6.07) is 23.5. The van der Waals surface area contributed by atoms with Crippen LogP contribution in [0.5, 0.6) is 0 Å². The summed E-state index contributed by atoms with van der Waals surface area (Å²) in [5, 5.41) is 9.93. The Morgan fingerprint density at radius 1 is 0.925 bits per heavy atom. The molecule has 4 aromatic rings. The zero-order chi connectivity index (χ0) is 29.2. The van der Waals surface area contributed by atoms with E-state index in [-0.39, 0.29) is 14.8 Å². The van der Waals surface area contributed by atoms with Gasteiger partial charge >= 0.3 is 6.18 Å². The fourth-order valence-electron chi connectivity index (χ4n) is 4.09. The number of carbonyl (C=O) groups is 1. The Labute approximate surface area is 233 Å². The van der Waals surface area contributed by atoms with Gasteiger partial charge in [-0.15, -0.1) is 11.3 Å². The molecule has 0 saturated heterocycles. The van der Waals surface area contributed by atoms with Gasteiger partial charge in [0.2, 0.25) is 0 Å². The molecule has 0 aliphatic carbocycles.